The number of rotatable bonds is 0. The first-order valence-corrected chi connectivity index (χ1v) is 0. The molecule has 0 bridgehead atoms. The van der Waals surface area contributed by atoms with E-state index in [2.05, 4.69) is 0 Å². The minimum Gasteiger partial charge on any atom is -3.00 e. The molecule has 0 unspecified atom stereocenters. The fraction of sp³-hybridized carbons (Fsp3) is 0. The van der Waals surface area contributed by atoms with E-state index in [1.54, 1.807) is 0 Å². The first kappa shape index (κ1) is 50.5. The van der Waals surface area contributed by atoms with E-state index in [4.69, 9.17) is 0 Å². The molecule has 5 heteroatoms. The normalized spacial score (nSPS) is 0. The van der Waals surface area contributed by atoms with Crippen molar-refractivity contribution in [2.24, 2.45) is 0 Å². The van der Waals surface area contributed by atoms with Crippen molar-refractivity contribution in [3.8, 4) is 0 Å². The monoisotopic (exact) mass is 218 g/mol. The second-order valence-corrected chi connectivity index (χ2v) is 0. The van der Waals surface area contributed by atoms with Crippen molar-refractivity contribution in [3.05, 3.63) is 0 Å². The Hall–Kier alpha value is 2.51. The number of hydrogen-bond donors (Lipinski definition) is 0. The van der Waals surface area contributed by atoms with E-state index in [9.17, 15) is 0 Å². The Morgan fingerprint density at radius 3 is 0.600 bits per heavy atom. The molecule has 0 saturated heterocycles. The molecule has 0 heterocycles. The van der Waals surface area contributed by atoms with Crippen LogP contribution in [0.25, 0.3) is 0 Å². The van der Waals surface area contributed by atoms with Crippen LogP contribution >= 0.6 is 29.7 Å². The first-order valence-electron chi connectivity index (χ1n) is 0. The van der Waals surface area contributed by atoms with Gasteiger partial charge in [-0.1, -0.05) is 0 Å². The maximum atomic E-state index is 0. The van der Waals surface area contributed by atoms with Crippen LogP contribution in [0.2, 0.25) is 0 Å². The van der Waals surface area contributed by atoms with Crippen LogP contribution in [0.4, 0.5) is 0 Å². The topological polar surface area (TPSA) is 0 Å². The molecule has 24 valence electrons. The van der Waals surface area contributed by atoms with Crippen LogP contribution in [0.1, 0.15) is 0 Å². The van der Waals surface area contributed by atoms with Crippen molar-refractivity contribution in [3.63, 3.8) is 0 Å². The van der Waals surface area contributed by atoms with Gasteiger partial charge in [0.05, 0.1) is 0 Å². The summed E-state index contributed by atoms with van der Waals surface area (Å²) in [6.07, 6.45) is 0. The van der Waals surface area contributed by atoms with Gasteiger partial charge in [0.2, 0.25) is 0 Å². The third-order valence-electron chi connectivity index (χ3n) is 0. The molecular weight excluding hydrogens is 216 g/mol. The summed E-state index contributed by atoms with van der Waals surface area (Å²) in [5.41, 5.74) is 0. The Labute approximate surface area is 67.9 Å². The molecule has 0 aliphatic carbocycles. The predicted octanol–water partition coefficient (Wildman–Crippen LogP) is 2.20. The fourth-order valence-corrected chi connectivity index (χ4v) is 0. The molecule has 0 fully saturated rings. The Balaban J connectivity index is 0. The fourth-order valence-electron chi connectivity index (χ4n) is 0. The summed E-state index contributed by atoms with van der Waals surface area (Å²) in [4.78, 5) is 0. The Kier molecular flexibility index (Phi) is 317. The quantitative estimate of drug-likeness (QED) is 0.430. The molecule has 0 aliphatic heterocycles. The molecule has 0 amide bonds. The smallest absolute Gasteiger partial charge is 3.00 e. The summed E-state index contributed by atoms with van der Waals surface area (Å²) < 4.78 is 0. The van der Waals surface area contributed by atoms with E-state index < -0.39 is 0 Å². The van der Waals surface area contributed by atoms with Gasteiger partial charge in [0, 0.05) is 0 Å². The average molecular weight is 216 g/mol. The van der Waals surface area contributed by atoms with Crippen LogP contribution in [-0.4, -0.2) is 17.4 Å². The van der Waals surface area contributed by atoms with Crippen LogP contribution in [0, 0.1) is 0 Å². The maximum absolute atomic E-state index is 0. The van der Waals surface area contributed by atoms with Gasteiger partial charge in [-0.15, -0.1) is 0 Å². The molecule has 0 nitrogen and oxygen atoms in total. The van der Waals surface area contributed by atoms with Gasteiger partial charge < -0.3 is 29.7 Å². The summed E-state index contributed by atoms with van der Waals surface area (Å²) >= 11 is 0. The predicted molar refractivity (Wildman–Crippen MR) is 26.5 cm³/mol. The molecule has 5 heavy (non-hydrogen) atoms. The van der Waals surface area contributed by atoms with Crippen molar-refractivity contribution in [1.82, 2.24) is 0 Å². The molecule has 0 saturated carbocycles. The molecule has 0 aliphatic rings. The molecule has 0 N–H and O–H groups in total. The molecule has 0 rings (SSSR count). The second-order valence-electron chi connectivity index (χ2n) is 0. The average Bonchev–Trinajstić information content (AvgIpc) is 0. The largest absolute Gasteiger partial charge is 6.00 e. The second kappa shape index (κ2) is 31.4. The van der Waals surface area contributed by atoms with Crippen LogP contribution in [-0.2, 0) is 21.1 Å². The van der Waals surface area contributed by atoms with E-state index in [1.165, 1.54) is 0 Å². The molecule has 0 aromatic heterocycles. The minimum absolute atomic E-state index is 0. The number of hydrogen-bond acceptors (Lipinski definition) is 0. The van der Waals surface area contributed by atoms with E-state index in [1.807, 2.05) is 0 Å². The third kappa shape index (κ3) is 21.0. The van der Waals surface area contributed by atoms with Crippen molar-refractivity contribution >= 4 is 47.1 Å². The molecule has 0 aromatic carbocycles. The van der Waals surface area contributed by atoms with Gasteiger partial charge in [0.15, 0.2) is 0 Å². The van der Waals surface area contributed by atoms with Crippen LogP contribution in [0.15, 0.2) is 0 Å². The molecular formula is AlMoP3. The van der Waals surface area contributed by atoms with Crippen molar-refractivity contribution in [2.45, 2.75) is 0 Å². The van der Waals surface area contributed by atoms with E-state index in [0.717, 1.165) is 0 Å². The van der Waals surface area contributed by atoms with Gasteiger partial charge in [-0.05, 0) is 0 Å². The van der Waals surface area contributed by atoms with Gasteiger partial charge in [0.1, 0.15) is 0 Å². The molecule has 0 aromatic rings. The standard InChI is InChI=1S/Al.Mo.3P/q+3;+6;3*-3. The zero-order valence-electron chi connectivity index (χ0n) is 2.33. The molecule has 0 radical (unpaired) electrons. The molecule has 0 atom stereocenters. The third-order valence-corrected chi connectivity index (χ3v) is 0. The van der Waals surface area contributed by atoms with Gasteiger partial charge >= 0.3 is 38.4 Å². The van der Waals surface area contributed by atoms with Gasteiger partial charge in [-0.3, -0.25) is 0 Å². The summed E-state index contributed by atoms with van der Waals surface area (Å²) in [6, 6.07) is 0. The maximum Gasteiger partial charge on any atom is 6.00 e. The Bertz CT molecular complexity index is 6.85. The SMILES string of the molecule is [Al+3].[Mo+6].[P-3].[P-3].[P-3]. The van der Waals surface area contributed by atoms with E-state index in [0.29, 0.717) is 0 Å². The molecule has 0 spiro atoms. The van der Waals surface area contributed by atoms with Crippen LogP contribution < -0.4 is 0 Å². The van der Waals surface area contributed by atoms with Gasteiger partial charge in [0.25, 0.3) is 0 Å². The van der Waals surface area contributed by atoms with Gasteiger partial charge in [-0.25, -0.2) is 0 Å². The van der Waals surface area contributed by atoms with Crippen molar-refractivity contribution in [2.75, 3.05) is 0 Å². The van der Waals surface area contributed by atoms with E-state index >= 15 is 0 Å². The minimum atomic E-state index is 0. The summed E-state index contributed by atoms with van der Waals surface area (Å²) in [5.74, 6) is 0. The Morgan fingerprint density at radius 1 is 0.600 bits per heavy atom. The first-order chi connectivity index (χ1) is 0. The zero-order chi connectivity index (χ0) is 0. The summed E-state index contributed by atoms with van der Waals surface area (Å²) in [6.45, 7) is 0. The zero-order valence-corrected chi connectivity index (χ0v) is 8.17. The Morgan fingerprint density at radius 2 is 0.600 bits per heavy atom. The van der Waals surface area contributed by atoms with Crippen molar-refractivity contribution in [1.29, 1.82) is 0 Å². The summed E-state index contributed by atoms with van der Waals surface area (Å²) in [5, 5.41) is 0. The van der Waals surface area contributed by atoms with Crippen LogP contribution in [0.3, 0.4) is 0 Å². The summed E-state index contributed by atoms with van der Waals surface area (Å²) in [7, 11) is 0. The van der Waals surface area contributed by atoms with Crippen molar-refractivity contribution < 1.29 is 21.1 Å². The van der Waals surface area contributed by atoms with Gasteiger partial charge in [-0.2, -0.15) is 0 Å². The van der Waals surface area contributed by atoms with Crippen LogP contribution in [0.5, 0.6) is 0 Å². The van der Waals surface area contributed by atoms with E-state index in [-0.39, 0.29) is 68.1 Å².